The van der Waals surface area contributed by atoms with E-state index in [0.29, 0.717) is 39.3 Å². The summed E-state index contributed by atoms with van der Waals surface area (Å²) in [5.41, 5.74) is 0. The Hall–Kier alpha value is -1.34. The van der Waals surface area contributed by atoms with Crippen molar-refractivity contribution < 1.29 is 24.2 Å². The van der Waals surface area contributed by atoms with E-state index in [-0.39, 0.29) is 18.6 Å². The van der Waals surface area contributed by atoms with Crippen LogP contribution in [0.1, 0.15) is 12.8 Å². The number of ether oxygens (including phenoxy) is 2. The summed E-state index contributed by atoms with van der Waals surface area (Å²) < 4.78 is 10.6. The van der Waals surface area contributed by atoms with Crippen LogP contribution in [0.3, 0.4) is 0 Å². The van der Waals surface area contributed by atoms with Crippen LogP contribution >= 0.6 is 0 Å². The SMILES string of the molecule is CN(CCCC(=O)O)C(=O)NCC1COCCO1. The van der Waals surface area contributed by atoms with E-state index < -0.39 is 5.97 Å². The van der Waals surface area contributed by atoms with E-state index in [0.717, 1.165) is 0 Å². The minimum atomic E-state index is -0.850. The molecule has 0 bridgehead atoms. The number of urea groups is 1. The Morgan fingerprint density at radius 1 is 1.44 bits per heavy atom. The van der Waals surface area contributed by atoms with Crippen molar-refractivity contribution in [2.75, 3.05) is 40.0 Å². The van der Waals surface area contributed by atoms with Gasteiger partial charge in [-0.25, -0.2) is 4.79 Å². The Morgan fingerprint density at radius 3 is 2.83 bits per heavy atom. The van der Waals surface area contributed by atoms with Crippen molar-refractivity contribution in [3.63, 3.8) is 0 Å². The lowest BCUT2D eigenvalue weighted by Crippen LogP contribution is -2.44. The minimum absolute atomic E-state index is 0.0667. The van der Waals surface area contributed by atoms with Crippen LogP contribution in [-0.2, 0) is 14.3 Å². The molecule has 7 nitrogen and oxygen atoms in total. The maximum Gasteiger partial charge on any atom is 0.317 e. The van der Waals surface area contributed by atoms with Crippen molar-refractivity contribution in [3.05, 3.63) is 0 Å². The van der Waals surface area contributed by atoms with Crippen molar-refractivity contribution in [3.8, 4) is 0 Å². The summed E-state index contributed by atoms with van der Waals surface area (Å²) in [4.78, 5) is 23.4. The van der Waals surface area contributed by atoms with Gasteiger partial charge in [-0.1, -0.05) is 0 Å². The number of carbonyl (C=O) groups excluding carboxylic acids is 1. The van der Waals surface area contributed by atoms with E-state index >= 15 is 0 Å². The summed E-state index contributed by atoms with van der Waals surface area (Å²) in [6.07, 6.45) is 0.412. The first-order valence-corrected chi connectivity index (χ1v) is 5.99. The Morgan fingerprint density at radius 2 is 2.22 bits per heavy atom. The first kappa shape index (κ1) is 14.7. The monoisotopic (exact) mass is 260 g/mol. The first-order chi connectivity index (χ1) is 8.59. The van der Waals surface area contributed by atoms with Crippen molar-refractivity contribution in [1.29, 1.82) is 0 Å². The van der Waals surface area contributed by atoms with Crippen LogP contribution in [0, 0.1) is 0 Å². The third kappa shape index (κ3) is 5.83. The van der Waals surface area contributed by atoms with Gasteiger partial charge >= 0.3 is 12.0 Å². The van der Waals surface area contributed by atoms with Gasteiger partial charge in [-0.15, -0.1) is 0 Å². The van der Waals surface area contributed by atoms with Gasteiger partial charge in [0.15, 0.2) is 0 Å². The molecule has 0 aromatic heterocycles. The lowest BCUT2D eigenvalue weighted by Gasteiger charge is -2.24. The average molecular weight is 260 g/mol. The van der Waals surface area contributed by atoms with Gasteiger partial charge in [-0.2, -0.15) is 0 Å². The van der Waals surface area contributed by atoms with Crippen LogP contribution in [-0.4, -0.2) is 68.1 Å². The fourth-order valence-electron chi connectivity index (χ4n) is 1.56. The van der Waals surface area contributed by atoms with Crippen LogP contribution in [0.5, 0.6) is 0 Å². The zero-order valence-electron chi connectivity index (χ0n) is 10.6. The smallest absolute Gasteiger partial charge is 0.317 e. The molecule has 1 atom stereocenters. The maximum atomic E-state index is 11.6. The molecular weight excluding hydrogens is 240 g/mol. The van der Waals surface area contributed by atoms with E-state index in [1.165, 1.54) is 4.90 Å². The quantitative estimate of drug-likeness (QED) is 0.696. The molecule has 0 radical (unpaired) electrons. The topological polar surface area (TPSA) is 88.1 Å². The number of hydrogen-bond donors (Lipinski definition) is 2. The van der Waals surface area contributed by atoms with Gasteiger partial charge in [-0.05, 0) is 6.42 Å². The molecule has 1 saturated heterocycles. The molecule has 18 heavy (non-hydrogen) atoms. The Bertz CT molecular complexity index is 279. The number of amides is 2. The first-order valence-electron chi connectivity index (χ1n) is 5.99. The van der Waals surface area contributed by atoms with Gasteiger partial charge in [0.25, 0.3) is 0 Å². The van der Waals surface area contributed by atoms with Gasteiger partial charge in [0.05, 0.1) is 25.9 Å². The summed E-state index contributed by atoms with van der Waals surface area (Å²) in [7, 11) is 1.63. The van der Waals surface area contributed by atoms with Gasteiger partial charge in [-0.3, -0.25) is 4.79 Å². The van der Waals surface area contributed by atoms with Crippen LogP contribution in [0.4, 0.5) is 4.79 Å². The van der Waals surface area contributed by atoms with E-state index in [1.54, 1.807) is 7.05 Å². The summed E-state index contributed by atoms with van der Waals surface area (Å²) in [5, 5.41) is 11.2. The van der Waals surface area contributed by atoms with Crippen molar-refractivity contribution >= 4 is 12.0 Å². The molecule has 0 aromatic rings. The highest BCUT2D eigenvalue weighted by molar-refractivity contribution is 5.74. The number of carboxylic acids is 1. The van der Waals surface area contributed by atoms with Crippen LogP contribution < -0.4 is 5.32 Å². The average Bonchev–Trinajstić information content (AvgIpc) is 2.36. The summed E-state index contributed by atoms with van der Waals surface area (Å²) in [6, 6.07) is -0.227. The second kappa shape index (κ2) is 7.88. The summed E-state index contributed by atoms with van der Waals surface area (Å²) in [5.74, 6) is -0.850. The number of nitrogens with zero attached hydrogens (tertiary/aromatic N) is 1. The molecule has 104 valence electrons. The van der Waals surface area contributed by atoms with Crippen molar-refractivity contribution in [1.82, 2.24) is 10.2 Å². The molecule has 1 fully saturated rings. The Labute approximate surface area is 106 Å². The predicted octanol–water partition coefficient (Wildman–Crippen LogP) is -0.0920. The van der Waals surface area contributed by atoms with Crippen LogP contribution in [0.15, 0.2) is 0 Å². The van der Waals surface area contributed by atoms with Crippen molar-refractivity contribution in [2.24, 2.45) is 0 Å². The van der Waals surface area contributed by atoms with Crippen LogP contribution in [0.2, 0.25) is 0 Å². The molecule has 7 heteroatoms. The van der Waals surface area contributed by atoms with E-state index in [2.05, 4.69) is 5.32 Å². The Kier molecular flexibility index (Phi) is 6.45. The normalized spacial score (nSPS) is 19.3. The van der Waals surface area contributed by atoms with Gasteiger partial charge in [0, 0.05) is 26.6 Å². The molecule has 1 unspecified atom stereocenters. The molecule has 0 spiro atoms. The second-order valence-corrected chi connectivity index (χ2v) is 4.17. The third-order valence-electron chi connectivity index (χ3n) is 2.60. The fraction of sp³-hybridized carbons (Fsp3) is 0.818. The third-order valence-corrected chi connectivity index (χ3v) is 2.60. The fourth-order valence-corrected chi connectivity index (χ4v) is 1.56. The van der Waals surface area contributed by atoms with E-state index in [4.69, 9.17) is 14.6 Å². The van der Waals surface area contributed by atoms with Crippen LogP contribution in [0.25, 0.3) is 0 Å². The number of hydrogen-bond acceptors (Lipinski definition) is 4. The highest BCUT2D eigenvalue weighted by Gasteiger charge is 2.16. The highest BCUT2D eigenvalue weighted by atomic mass is 16.6. The number of aliphatic carboxylic acids is 1. The molecule has 2 N–H and O–H groups in total. The highest BCUT2D eigenvalue weighted by Crippen LogP contribution is 1.99. The lowest BCUT2D eigenvalue weighted by molar-refractivity contribution is -0.137. The number of carboxylic acid groups (broad SMARTS) is 1. The van der Waals surface area contributed by atoms with E-state index in [9.17, 15) is 9.59 Å². The molecule has 0 aliphatic carbocycles. The predicted molar refractivity (Wildman–Crippen MR) is 63.5 cm³/mol. The molecule has 1 aliphatic rings. The number of rotatable bonds is 6. The minimum Gasteiger partial charge on any atom is -0.481 e. The lowest BCUT2D eigenvalue weighted by atomic mass is 10.3. The number of nitrogens with one attached hydrogen (secondary N) is 1. The molecule has 1 rings (SSSR count). The molecule has 2 amide bonds. The van der Waals surface area contributed by atoms with Gasteiger partial charge < -0.3 is 24.8 Å². The zero-order chi connectivity index (χ0) is 13.4. The molecule has 0 saturated carbocycles. The van der Waals surface area contributed by atoms with Gasteiger partial charge in [0.1, 0.15) is 0 Å². The summed E-state index contributed by atoms with van der Waals surface area (Å²) in [6.45, 7) is 2.46. The molecule has 0 aromatic carbocycles. The standard InChI is InChI=1S/C11H20N2O5/c1-13(4-2-3-10(14)15)11(16)12-7-9-8-17-5-6-18-9/h9H,2-8H2,1H3,(H,12,16)(H,14,15). The largest absolute Gasteiger partial charge is 0.481 e. The van der Waals surface area contributed by atoms with E-state index in [1.807, 2.05) is 0 Å². The molecule has 1 aliphatic heterocycles. The second-order valence-electron chi connectivity index (χ2n) is 4.17. The van der Waals surface area contributed by atoms with Crippen molar-refractivity contribution in [2.45, 2.75) is 18.9 Å². The zero-order valence-corrected chi connectivity index (χ0v) is 10.6. The molecule has 1 heterocycles. The molecular formula is C11H20N2O5. The van der Waals surface area contributed by atoms with Gasteiger partial charge in [0.2, 0.25) is 0 Å². The number of carbonyl (C=O) groups is 2. The Balaban J connectivity index is 2.12. The maximum absolute atomic E-state index is 11.6. The summed E-state index contributed by atoms with van der Waals surface area (Å²) >= 11 is 0.